The molecular formula is C19H26N2O. The molecule has 0 radical (unpaired) electrons. The fourth-order valence-corrected chi connectivity index (χ4v) is 4.56. The molecule has 1 N–H and O–H groups in total. The second kappa shape index (κ2) is 5.69. The van der Waals surface area contributed by atoms with Crippen molar-refractivity contribution in [3.63, 3.8) is 0 Å². The van der Waals surface area contributed by atoms with Gasteiger partial charge in [-0.15, -0.1) is 0 Å². The highest BCUT2D eigenvalue weighted by molar-refractivity contribution is 5.94. The van der Waals surface area contributed by atoms with Crippen LogP contribution in [0.5, 0.6) is 0 Å². The van der Waals surface area contributed by atoms with Gasteiger partial charge >= 0.3 is 0 Å². The SMILES string of the molecule is Cc1cccc(C(=O)NC2CC3CCCC(C2)N3C2CC2)c1. The van der Waals surface area contributed by atoms with E-state index in [2.05, 4.69) is 10.2 Å². The molecule has 3 heteroatoms. The summed E-state index contributed by atoms with van der Waals surface area (Å²) in [6.07, 6.45) is 9.10. The van der Waals surface area contributed by atoms with E-state index in [1.807, 2.05) is 31.2 Å². The zero-order chi connectivity index (χ0) is 15.1. The summed E-state index contributed by atoms with van der Waals surface area (Å²) >= 11 is 0. The topological polar surface area (TPSA) is 32.3 Å². The maximum Gasteiger partial charge on any atom is 0.251 e. The van der Waals surface area contributed by atoms with Gasteiger partial charge < -0.3 is 5.32 Å². The number of carbonyl (C=O) groups is 1. The van der Waals surface area contributed by atoms with Gasteiger partial charge in [0.15, 0.2) is 0 Å². The molecule has 2 aliphatic heterocycles. The Balaban J connectivity index is 1.43. The molecule has 2 heterocycles. The lowest BCUT2D eigenvalue weighted by Gasteiger charge is -2.49. The van der Waals surface area contributed by atoms with E-state index in [9.17, 15) is 4.79 Å². The fourth-order valence-electron chi connectivity index (χ4n) is 4.56. The van der Waals surface area contributed by atoms with E-state index in [0.29, 0.717) is 18.1 Å². The molecule has 4 rings (SSSR count). The lowest BCUT2D eigenvalue weighted by molar-refractivity contribution is 0.0175. The molecule has 3 fully saturated rings. The molecule has 1 aromatic rings. The number of piperidine rings is 2. The van der Waals surface area contributed by atoms with Crippen LogP contribution < -0.4 is 5.32 Å². The van der Waals surface area contributed by atoms with Crippen molar-refractivity contribution in [1.82, 2.24) is 10.2 Å². The van der Waals surface area contributed by atoms with E-state index in [1.165, 1.54) is 32.1 Å². The number of nitrogens with one attached hydrogen (secondary N) is 1. The number of hydrogen-bond donors (Lipinski definition) is 1. The summed E-state index contributed by atoms with van der Waals surface area (Å²) < 4.78 is 0. The van der Waals surface area contributed by atoms with Gasteiger partial charge in [-0.3, -0.25) is 9.69 Å². The average molecular weight is 298 g/mol. The van der Waals surface area contributed by atoms with Crippen molar-refractivity contribution < 1.29 is 4.79 Å². The van der Waals surface area contributed by atoms with E-state index in [4.69, 9.17) is 0 Å². The highest BCUT2D eigenvalue weighted by atomic mass is 16.1. The fraction of sp³-hybridized carbons (Fsp3) is 0.632. The quantitative estimate of drug-likeness (QED) is 0.929. The molecule has 1 saturated carbocycles. The molecule has 2 unspecified atom stereocenters. The predicted octanol–water partition coefficient (Wildman–Crippen LogP) is 3.27. The van der Waals surface area contributed by atoms with Crippen molar-refractivity contribution in [3.05, 3.63) is 35.4 Å². The first-order valence-corrected chi connectivity index (χ1v) is 8.85. The summed E-state index contributed by atoms with van der Waals surface area (Å²) in [7, 11) is 0. The zero-order valence-corrected chi connectivity index (χ0v) is 13.4. The highest BCUT2D eigenvalue weighted by Gasteiger charge is 2.45. The minimum absolute atomic E-state index is 0.103. The Morgan fingerprint density at radius 1 is 1.09 bits per heavy atom. The molecule has 118 valence electrons. The van der Waals surface area contributed by atoms with Crippen molar-refractivity contribution in [2.45, 2.75) is 76.0 Å². The van der Waals surface area contributed by atoms with Crippen LogP contribution >= 0.6 is 0 Å². The van der Waals surface area contributed by atoms with Crippen LogP contribution in [0.15, 0.2) is 24.3 Å². The minimum Gasteiger partial charge on any atom is -0.349 e. The summed E-state index contributed by atoms with van der Waals surface area (Å²) in [5.74, 6) is 0.103. The third kappa shape index (κ3) is 2.79. The Hall–Kier alpha value is -1.35. The van der Waals surface area contributed by atoms with Gasteiger partial charge in [-0.05, 0) is 57.6 Å². The first-order chi connectivity index (χ1) is 10.7. The molecule has 1 aliphatic carbocycles. The Morgan fingerprint density at radius 3 is 2.45 bits per heavy atom. The Morgan fingerprint density at radius 2 is 1.82 bits per heavy atom. The third-order valence-corrected chi connectivity index (χ3v) is 5.62. The van der Waals surface area contributed by atoms with Gasteiger partial charge in [-0.1, -0.05) is 24.1 Å². The van der Waals surface area contributed by atoms with Crippen molar-refractivity contribution >= 4 is 5.91 Å². The number of amides is 1. The molecule has 1 amide bonds. The van der Waals surface area contributed by atoms with E-state index >= 15 is 0 Å². The summed E-state index contributed by atoms with van der Waals surface area (Å²) in [4.78, 5) is 15.3. The lowest BCUT2D eigenvalue weighted by atomic mass is 9.81. The lowest BCUT2D eigenvalue weighted by Crippen LogP contribution is -2.57. The highest BCUT2D eigenvalue weighted by Crippen LogP contribution is 2.41. The van der Waals surface area contributed by atoms with Crippen LogP contribution in [0, 0.1) is 6.92 Å². The second-order valence-electron chi connectivity index (χ2n) is 7.43. The summed E-state index contributed by atoms with van der Waals surface area (Å²) in [6, 6.07) is 10.6. The Labute approximate surface area is 133 Å². The zero-order valence-electron chi connectivity index (χ0n) is 13.4. The number of benzene rings is 1. The maximum atomic E-state index is 12.5. The van der Waals surface area contributed by atoms with Gasteiger partial charge in [-0.2, -0.15) is 0 Å². The number of hydrogen-bond acceptors (Lipinski definition) is 2. The minimum atomic E-state index is 0.103. The normalized spacial score (nSPS) is 31.8. The van der Waals surface area contributed by atoms with Crippen LogP contribution in [0.3, 0.4) is 0 Å². The van der Waals surface area contributed by atoms with Crippen molar-refractivity contribution in [2.24, 2.45) is 0 Å². The molecule has 2 saturated heterocycles. The summed E-state index contributed by atoms with van der Waals surface area (Å²) in [5, 5.41) is 3.31. The van der Waals surface area contributed by atoms with Crippen molar-refractivity contribution in [1.29, 1.82) is 0 Å². The predicted molar refractivity (Wildman–Crippen MR) is 88.0 cm³/mol. The van der Waals surface area contributed by atoms with Gasteiger partial charge in [0.25, 0.3) is 5.91 Å². The number of aryl methyl sites for hydroxylation is 1. The van der Waals surface area contributed by atoms with E-state index in [0.717, 1.165) is 30.0 Å². The van der Waals surface area contributed by atoms with Gasteiger partial charge in [-0.25, -0.2) is 0 Å². The van der Waals surface area contributed by atoms with Crippen LogP contribution in [0.2, 0.25) is 0 Å². The van der Waals surface area contributed by atoms with Crippen LogP contribution in [0.4, 0.5) is 0 Å². The molecule has 0 aromatic heterocycles. The van der Waals surface area contributed by atoms with Gasteiger partial charge in [0.1, 0.15) is 0 Å². The maximum absolute atomic E-state index is 12.5. The summed E-state index contributed by atoms with van der Waals surface area (Å²) in [5.41, 5.74) is 1.95. The molecular weight excluding hydrogens is 272 g/mol. The smallest absolute Gasteiger partial charge is 0.251 e. The summed E-state index contributed by atoms with van der Waals surface area (Å²) in [6.45, 7) is 2.04. The molecule has 0 spiro atoms. The molecule has 3 nitrogen and oxygen atoms in total. The van der Waals surface area contributed by atoms with Crippen LogP contribution in [0.1, 0.15) is 60.9 Å². The van der Waals surface area contributed by atoms with Crippen molar-refractivity contribution in [3.8, 4) is 0 Å². The van der Waals surface area contributed by atoms with E-state index in [-0.39, 0.29) is 5.91 Å². The van der Waals surface area contributed by atoms with Crippen LogP contribution in [0.25, 0.3) is 0 Å². The number of nitrogens with zero attached hydrogens (tertiary/aromatic N) is 1. The van der Waals surface area contributed by atoms with Crippen LogP contribution in [-0.4, -0.2) is 35.0 Å². The van der Waals surface area contributed by atoms with E-state index in [1.54, 1.807) is 0 Å². The van der Waals surface area contributed by atoms with Gasteiger partial charge in [0, 0.05) is 29.7 Å². The number of fused-ring (bicyclic) bond motifs is 2. The molecule has 22 heavy (non-hydrogen) atoms. The monoisotopic (exact) mass is 298 g/mol. The van der Waals surface area contributed by atoms with Crippen LogP contribution in [-0.2, 0) is 0 Å². The Kier molecular flexibility index (Phi) is 3.69. The largest absolute Gasteiger partial charge is 0.349 e. The molecule has 2 atom stereocenters. The standard InChI is InChI=1S/C19H26N2O/c1-13-4-2-5-14(10-13)19(22)20-15-11-17-6-3-7-18(12-15)21(17)16-8-9-16/h2,4-5,10,15-18H,3,6-9,11-12H2,1H3,(H,20,22). The molecule has 3 aliphatic rings. The average Bonchev–Trinajstić information content (AvgIpc) is 3.31. The first kappa shape index (κ1) is 14.3. The number of carbonyl (C=O) groups excluding carboxylic acids is 1. The van der Waals surface area contributed by atoms with E-state index < -0.39 is 0 Å². The first-order valence-electron chi connectivity index (χ1n) is 8.85. The third-order valence-electron chi connectivity index (χ3n) is 5.62. The molecule has 1 aromatic carbocycles. The second-order valence-corrected chi connectivity index (χ2v) is 7.43. The van der Waals surface area contributed by atoms with Crippen molar-refractivity contribution in [2.75, 3.05) is 0 Å². The Bertz CT molecular complexity index is 552. The number of rotatable bonds is 3. The van der Waals surface area contributed by atoms with Gasteiger partial charge in [0.05, 0.1) is 0 Å². The molecule has 2 bridgehead atoms. The van der Waals surface area contributed by atoms with Gasteiger partial charge in [0.2, 0.25) is 0 Å².